The molecule has 3 rings (SSSR count). The number of nitrogens with one attached hydrogen (secondary N) is 1. The van der Waals surface area contributed by atoms with Crippen molar-refractivity contribution in [1.82, 2.24) is 24.5 Å². The Morgan fingerprint density at radius 2 is 1.84 bits per heavy atom. The molecule has 9 nitrogen and oxygen atoms in total. The normalized spacial score (nSPS) is 11.6. The Bertz CT molecular complexity index is 1160. The maximum absolute atomic E-state index is 12.8. The second-order valence-electron chi connectivity index (χ2n) is 6.96. The van der Waals surface area contributed by atoms with E-state index in [2.05, 4.69) is 20.7 Å². The Hall–Kier alpha value is -2.82. The van der Waals surface area contributed by atoms with Crippen LogP contribution >= 0.6 is 11.6 Å². The second-order valence-corrected chi connectivity index (χ2v) is 9.27. The Morgan fingerprint density at radius 3 is 2.53 bits per heavy atom. The highest BCUT2D eigenvalue weighted by molar-refractivity contribution is 7.89. The van der Waals surface area contributed by atoms with Crippen molar-refractivity contribution in [3.63, 3.8) is 0 Å². The van der Waals surface area contributed by atoms with E-state index in [1.807, 2.05) is 30.3 Å². The number of benzene rings is 2. The molecule has 0 radical (unpaired) electrons. The molecule has 0 fully saturated rings. The average Bonchev–Trinajstić information content (AvgIpc) is 3.25. The number of carbonyl (C=O) groups is 1. The number of tetrazole rings is 1. The van der Waals surface area contributed by atoms with Crippen LogP contribution in [0.15, 0.2) is 53.4 Å². The third-order valence-electron chi connectivity index (χ3n) is 4.78. The van der Waals surface area contributed by atoms with Crippen LogP contribution in [0.3, 0.4) is 0 Å². The molecule has 0 aliphatic carbocycles. The molecule has 170 valence electrons. The molecule has 0 atom stereocenters. The molecule has 1 heterocycles. The number of rotatable bonds is 10. The van der Waals surface area contributed by atoms with Crippen LogP contribution in [-0.2, 0) is 21.4 Å². The van der Waals surface area contributed by atoms with Crippen LogP contribution in [0.4, 0.5) is 5.69 Å². The highest BCUT2D eigenvalue weighted by Crippen LogP contribution is 2.28. The largest absolute Gasteiger partial charge is 0.326 e. The van der Waals surface area contributed by atoms with Crippen molar-refractivity contribution in [2.75, 3.05) is 18.4 Å². The summed E-state index contributed by atoms with van der Waals surface area (Å²) in [4.78, 5) is 13.8. The molecule has 1 N–H and O–H groups in total. The summed E-state index contributed by atoms with van der Waals surface area (Å²) in [6.07, 6.45) is 0.706. The summed E-state index contributed by atoms with van der Waals surface area (Å²) in [6.45, 7) is 4.60. The standard InChI is InChI=1S/C21H25ClN6O3S/c1-3-27(4-2)32(30,31)19-15-17(12-13-18(19)22)23-20(29)11-8-14-28-25-21(24-26-28)16-9-6-5-7-10-16/h5-7,9-10,12-13,15H,3-4,8,11,14H2,1-2H3,(H,23,29). The molecular weight excluding hydrogens is 452 g/mol. The average molecular weight is 477 g/mol. The van der Waals surface area contributed by atoms with Gasteiger partial charge in [0.25, 0.3) is 0 Å². The van der Waals surface area contributed by atoms with E-state index in [9.17, 15) is 13.2 Å². The summed E-state index contributed by atoms with van der Waals surface area (Å²) in [5.74, 6) is 0.278. The summed E-state index contributed by atoms with van der Waals surface area (Å²) in [5, 5.41) is 15.2. The molecule has 11 heteroatoms. The molecule has 0 spiro atoms. The van der Waals surface area contributed by atoms with Gasteiger partial charge in [0.1, 0.15) is 4.90 Å². The lowest BCUT2D eigenvalue weighted by molar-refractivity contribution is -0.116. The van der Waals surface area contributed by atoms with E-state index in [1.165, 1.54) is 21.2 Å². The van der Waals surface area contributed by atoms with Gasteiger partial charge in [0.2, 0.25) is 21.8 Å². The van der Waals surface area contributed by atoms with Gasteiger partial charge in [-0.05, 0) is 29.8 Å². The van der Waals surface area contributed by atoms with Gasteiger partial charge >= 0.3 is 0 Å². The van der Waals surface area contributed by atoms with Crippen molar-refractivity contribution in [3.8, 4) is 11.4 Å². The smallest absolute Gasteiger partial charge is 0.244 e. The third-order valence-corrected chi connectivity index (χ3v) is 7.32. The van der Waals surface area contributed by atoms with Crippen molar-refractivity contribution in [2.24, 2.45) is 0 Å². The highest BCUT2D eigenvalue weighted by Gasteiger charge is 2.25. The molecule has 2 aromatic carbocycles. The minimum atomic E-state index is -3.74. The van der Waals surface area contributed by atoms with Crippen LogP contribution in [-0.4, -0.2) is 51.9 Å². The molecule has 0 saturated heterocycles. The van der Waals surface area contributed by atoms with Gasteiger partial charge in [-0.1, -0.05) is 55.8 Å². The Morgan fingerprint density at radius 1 is 1.12 bits per heavy atom. The van der Waals surface area contributed by atoms with Gasteiger partial charge < -0.3 is 5.32 Å². The van der Waals surface area contributed by atoms with E-state index in [0.29, 0.717) is 37.6 Å². The first-order chi connectivity index (χ1) is 15.3. The lowest BCUT2D eigenvalue weighted by atomic mass is 10.2. The van der Waals surface area contributed by atoms with E-state index in [-0.39, 0.29) is 22.2 Å². The van der Waals surface area contributed by atoms with Crippen LogP contribution in [0.5, 0.6) is 0 Å². The number of amides is 1. The lowest BCUT2D eigenvalue weighted by Gasteiger charge is -2.19. The number of carbonyl (C=O) groups excluding carboxylic acids is 1. The molecule has 1 amide bonds. The minimum absolute atomic E-state index is 0.0269. The lowest BCUT2D eigenvalue weighted by Crippen LogP contribution is -2.30. The van der Waals surface area contributed by atoms with Crippen molar-refractivity contribution in [1.29, 1.82) is 0 Å². The predicted octanol–water partition coefficient (Wildman–Crippen LogP) is 3.44. The predicted molar refractivity (Wildman–Crippen MR) is 123 cm³/mol. The number of hydrogen-bond acceptors (Lipinski definition) is 6. The molecule has 0 unspecified atom stereocenters. The quantitative estimate of drug-likeness (QED) is 0.480. The first-order valence-corrected chi connectivity index (χ1v) is 12.1. The summed E-state index contributed by atoms with van der Waals surface area (Å²) in [5.41, 5.74) is 1.24. The zero-order chi connectivity index (χ0) is 23.1. The molecule has 1 aromatic heterocycles. The zero-order valence-electron chi connectivity index (χ0n) is 17.9. The van der Waals surface area contributed by atoms with Gasteiger partial charge in [0.15, 0.2) is 0 Å². The topological polar surface area (TPSA) is 110 Å². The van der Waals surface area contributed by atoms with E-state index >= 15 is 0 Å². The molecular formula is C21H25ClN6O3S. The fourth-order valence-electron chi connectivity index (χ4n) is 3.13. The molecule has 0 saturated carbocycles. The van der Waals surface area contributed by atoms with E-state index in [1.54, 1.807) is 19.9 Å². The number of anilines is 1. The van der Waals surface area contributed by atoms with Crippen LogP contribution < -0.4 is 5.32 Å². The number of hydrogen-bond donors (Lipinski definition) is 1. The van der Waals surface area contributed by atoms with Crippen LogP contribution in [0.1, 0.15) is 26.7 Å². The van der Waals surface area contributed by atoms with E-state index < -0.39 is 10.0 Å². The molecule has 0 aliphatic rings. The first kappa shape index (κ1) is 23.8. The maximum atomic E-state index is 12.8. The van der Waals surface area contributed by atoms with Crippen molar-refractivity contribution in [3.05, 3.63) is 53.6 Å². The highest BCUT2D eigenvalue weighted by atomic mass is 35.5. The number of nitrogens with zero attached hydrogens (tertiary/aromatic N) is 5. The monoisotopic (exact) mass is 476 g/mol. The van der Waals surface area contributed by atoms with Gasteiger partial charge in [-0.3, -0.25) is 4.79 Å². The van der Waals surface area contributed by atoms with Gasteiger partial charge in [0, 0.05) is 30.8 Å². The number of halogens is 1. The van der Waals surface area contributed by atoms with Crippen LogP contribution in [0, 0.1) is 0 Å². The SMILES string of the molecule is CCN(CC)S(=O)(=O)c1cc(NC(=O)CCCn2nnc(-c3ccccc3)n2)ccc1Cl. The summed E-state index contributed by atoms with van der Waals surface area (Å²) in [6, 6.07) is 13.9. The summed E-state index contributed by atoms with van der Waals surface area (Å²) in [7, 11) is -3.74. The van der Waals surface area contributed by atoms with Crippen LogP contribution in [0.2, 0.25) is 5.02 Å². The van der Waals surface area contributed by atoms with Crippen molar-refractivity contribution < 1.29 is 13.2 Å². The zero-order valence-corrected chi connectivity index (χ0v) is 19.5. The van der Waals surface area contributed by atoms with Crippen molar-refractivity contribution >= 4 is 33.2 Å². The fourth-order valence-corrected chi connectivity index (χ4v) is 5.09. The first-order valence-electron chi connectivity index (χ1n) is 10.3. The Kier molecular flexibility index (Phi) is 7.94. The van der Waals surface area contributed by atoms with Gasteiger partial charge in [-0.2, -0.15) is 9.10 Å². The van der Waals surface area contributed by atoms with Gasteiger partial charge in [-0.25, -0.2) is 8.42 Å². The fraction of sp³-hybridized carbons (Fsp3) is 0.333. The maximum Gasteiger partial charge on any atom is 0.244 e. The van der Waals surface area contributed by atoms with Gasteiger partial charge in [-0.15, -0.1) is 10.2 Å². The Balaban J connectivity index is 1.58. The number of sulfonamides is 1. The summed E-state index contributed by atoms with van der Waals surface area (Å²) < 4.78 is 26.9. The molecule has 0 bridgehead atoms. The second kappa shape index (κ2) is 10.7. The molecule has 3 aromatic rings. The molecule has 0 aliphatic heterocycles. The van der Waals surface area contributed by atoms with Gasteiger partial charge in [0.05, 0.1) is 11.6 Å². The number of aromatic nitrogens is 4. The number of aryl methyl sites for hydroxylation is 1. The summed E-state index contributed by atoms with van der Waals surface area (Å²) >= 11 is 6.13. The minimum Gasteiger partial charge on any atom is -0.326 e. The third kappa shape index (κ3) is 5.70. The Labute approximate surface area is 192 Å². The molecule has 32 heavy (non-hydrogen) atoms. The van der Waals surface area contributed by atoms with E-state index in [4.69, 9.17) is 11.6 Å². The van der Waals surface area contributed by atoms with Crippen molar-refractivity contribution in [2.45, 2.75) is 38.1 Å². The van der Waals surface area contributed by atoms with Crippen LogP contribution in [0.25, 0.3) is 11.4 Å². The van der Waals surface area contributed by atoms with E-state index in [0.717, 1.165) is 5.56 Å².